The molecular weight excluding hydrogens is 488 g/mol. The quantitative estimate of drug-likeness (QED) is 0.384. The van der Waals surface area contributed by atoms with Gasteiger partial charge in [0.05, 0.1) is 12.2 Å². The number of allylic oxidation sites excluding steroid dienone is 1. The normalized spacial score (nSPS) is 41.4. The maximum Gasteiger partial charge on any atom is 0.0605 e. The Balaban J connectivity index is 1.26. The number of hydrogen-bond acceptors (Lipinski definition) is 2. The molecule has 11 atom stereocenters. The molecule has 2 N–H and O–H groups in total. The first-order valence-corrected chi connectivity index (χ1v) is 16.4. The van der Waals surface area contributed by atoms with Crippen LogP contribution in [0, 0.1) is 52.3 Å². The van der Waals surface area contributed by atoms with Gasteiger partial charge < -0.3 is 10.2 Å². The zero-order valence-corrected chi connectivity index (χ0v) is 25.3. The second-order valence-electron chi connectivity index (χ2n) is 14.7. The van der Waals surface area contributed by atoms with Crippen LogP contribution >= 0.6 is 0 Å². The Morgan fingerprint density at radius 3 is 2.05 bits per heavy atom. The summed E-state index contributed by atoms with van der Waals surface area (Å²) in [7, 11) is 0. The lowest BCUT2D eigenvalue weighted by Gasteiger charge is -2.64. The first kappa shape index (κ1) is 28.2. The fraction of sp³-hybridized carbons (Fsp3) is 0.632. The molecule has 2 heteroatoms. The van der Waals surface area contributed by atoms with E-state index in [1.165, 1.54) is 42.4 Å². The maximum absolute atomic E-state index is 12.0. The molecule has 0 heterocycles. The lowest BCUT2D eigenvalue weighted by molar-refractivity contribution is -0.203. The summed E-state index contributed by atoms with van der Waals surface area (Å²) in [6.07, 6.45) is 12.4. The summed E-state index contributed by atoms with van der Waals surface area (Å²) in [5, 5.41) is 22.6. The van der Waals surface area contributed by atoms with Crippen molar-refractivity contribution in [2.24, 2.45) is 52.3 Å². The molecule has 0 aromatic heterocycles. The van der Waals surface area contributed by atoms with Gasteiger partial charge in [-0.25, -0.2) is 0 Å². The second-order valence-corrected chi connectivity index (χ2v) is 14.7. The van der Waals surface area contributed by atoms with Crippen LogP contribution in [0.3, 0.4) is 0 Å². The van der Waals surface area contributed by atoms with Crippen LogP contribution in [0.25, 0.3) is 5.57 Å². The van der Waals surface area contributed by atoms with E-state index < -0.39 is 0 Å². The molecule has 4 aliphatic carbocycles. The summed E-state index contributed by atoms with van der Waals surface area (Å²) < 4.78 is 0. The van der Waals surface area contributed by atoms with Crippen molar-refractivity contribution in [2.45, 2.75) is 97.7 Å². The van der Waals surface area contributed by atoms with E-state index in [0.29, 0.717) is 46.8 Å². The number of fused-ring (bicyclic) bond motifs is 5. The third kappa shape index (κ3) is 4.62. The van der Waals surface area contributed by atoms with Gasteiger partial charge in [-0.3, -0.25) is 0 Å². The van der Waals surface area contributed by atoms with Gasteiger partial charge in [-0.15, -0.1) is 0 Å². The predicted octanol–water partition coefficient (Wildman–Crippen LogP) is 8.77. The van der Waals surface area contributed by atoms with Gasteiger partial charge in [-0.1, -0.05) is 101 Å². The van der Waals surface area contributed by atoms with E-state index in [9.17, 15) is 10.2 Å². The first-order valence-electron chi connectivity index (χ1n) is 16.4. The van der Waals surface area contributed by atoms with E-state index in [1.54, 1.807) is 0 Å². The summed E-state index contributed by atoms with van der Waals surface area (Å²) in [5.41, 5.74) is 4.53. The average Bonchev–Trinajstić information content (AvgIpc) is 3.32. The Hall–Kier alpha value is -1.90. The topological polar surface area (TPSA) is 40.5 Å². The van der Waals surface area contributed by atoms with Gasteiger partial charge in [0, 0.05) is 0 Å². The van der Waals surface area contributed by atoms with Gasteiger partial charge in [0.25, 0.3) is 0 Å². The molecule has 0 amide bonds. The zero-order chi connectivity index (χ0) is 28.1. The van der Waals surface area contributed by atoms with E-state index in [-0.39, 0.29) is 17.6 Å². The number of hydrogen-bond donors (Lipinski definition) is 2. The minimum atomic E-state index is -0.209. The van der Waals surface area contributed by atoms with Crippen molar-refractivity contribution in [2.75, 3.05) is 0 Å². The zero-order valence-electron chi connectivity index (χ0n) is 25.3. The molecule has 4 aliphatic rings. The molecular formula is C38H52O2. The molecule has 0 saturated heterocycles. The first-order chi connectivity index (χ1) is 19.3. The lowest BCUT2D eigenvalue weighted by Crippen LogP contribution is -2.62. The van der Waals surface area contributed by atoms with Crippen LogP contribution in [-0.2, 0) is 0 Å². The third-order valence-electron chi connectivity index (χ3n) is 13.0. The highest BCUT2D eigenvalue weighted by Gasteiger charge is 2.64. The number of rotatable bonds is 6. The molecule has 2 aromatic carbocycles. The van der Waals surface area contributed by atoms with Gasteiger partial charge in [0.1, 0.15) is 0 Å². The van der Waals surface area contributed by atoms with E-state index in [1.807, 2.05) is 0 Å². The third-order valence-corrected chi connectivity index (χ3v) is 13.0. The van der Waals surface area contributed by atoms with Crippen molar-refractivity contribution in [1.82, 2.24) is 0 Å². The average molecular weight is 541 g/mol. The standard InChI is InChI=1S/C38H52O2/c1-5-29-34-24-28(39)20-22-38(34,4)33-21-23-37(3)31(18-19-32(37)35(33)36(29)40)25(2)16-17-30(26-12-8-6-9-13-26)27-14-10-7-11-15-27/h6-15,17,25,28-29,31-36,39-40H,5,16,18-24H2,1-4H3/t25-,28-,29-,31-,32?,33?,34+,35?,36-,37-,38-/m1/s1. The lowest BCUT2D eigenvalue weighted by atomic mass is 9.41. The summed E-state index contributed by atoms with van der Waals surface area (Å²) in [6.45, 7) is 9.93. The van der Waals surface area contributed by atoms with Crippen LogP contribution in [0.15, 0.2) is 66.7 Å². The molecule has 3 unspecified atom stereocenters. The van der Waals surface area contributed by atoms with Crippen molar-refractivity contribution in [3.8, 4) is 0 Å². The molecule has 4 saturated carbocycles. The van der Waals surface area contributed by atoms with E-state index in [4.69, 9.17) is 0 Å². The highest BCUT2D eigenvalue weighted by atomic mass is 16.3. The van der Waals surface area contributed by atoms with Gasteiger partial charge in [-0.2, -0.15) is 0 Å². The fourth-order valence-corrected chi connectivity index (χ4v) is 11.0. The Kier molecular flexibility index (Phi) is 7.81. The molecule has 0 spiro atoms. The van der Waals surface area contributed by atoms with Crippen LogP contribution < -0.4 is 0 Å². The van der Waals surface area contributed by atoms with E-state index >= 15 is 0 Å². The summed E-state index contributed by atoms with van der Waals surface area (Å²) in [4.78, 5) is 0. The SMILES string of the molecule is CC[C@H]1[C@@H](O)C2C3CC[C@H]([C@H](C)CC=C(c4ccccc4)c4ccccc4)[C@@]3(C)CCC2[C@@]2(C)CC[C@@H](O)C[C@@H]12. The Bertz CT molecular complexity index is 1130. The van der Waals surface area contributed by atoms with Crippen molar-refractivity contribution in [3.63, 3.8) is 0 Å². The molecule has 4 fully saturated rings. The fourth-order valence-electron chi connectivity index (χ4n) is 11.0. The summed E-state index contributed by atoms with van der Waals surface area (Å²) in [5.74, 6) is 3.78. The Morgan fingerprint density at radius 1 is 0.825 bits per heavy atom. The summed E-state index contributed by atoms with van der Waals surface area (Å²) in [6, 6.07) is 21.8. The van der Waals surface area contributed by atoms with Crippen molar-refractivity contribution >= 4 is 5.57 Å². The maximum atomic E-state index is 12.0. The molecule has 0 bridgehead atoms. The van der Waals surface area contributed by atoms with E-state index in [0.717, 1.165) is 32.1 Å². The number of benzene rings is 2. The second kappa shape index (κ2) is 11.1. The van der Waals surface area contributed by atoms with Gasteiger partial charge in [0.2, 0.25) is 0 Å². The van der Waals surface area contributed by atoms with Crippen molar-refractivity contribution < 1.29 is 10.2 Å². The Labute approximate surface area is 243 Å². The highest BCUT2D eigenvalue weighted by molar-refractivity contribution is 5.79. The number of aliphatic hydroxyl groups is 2. The molecule has 2 aromatic rings. The molecule has 40 heavy (non-hydrogen) atoms. The summed E-state index contributed by atoms with van der Waals surface area (Å²) >= 11 is 0. The van der Waals surface area contributed by atoms with Crippen LogP contribution in [0.2, 0.25) is 0 Å². The molecule has 0 radical (unpaired) electrons. The van der Waals surface area contributed by atoms with Gasteiger partial charge >= 0.3 is 0 Å². The minimum Gasteiger partial charge on any atom is -0.393 e. The molecule has 0 aliphatic heterocycles. The predicted molar refractivity (Wildman–Crippen MR) is 166 cm³/mol. The van der Waals surface area contributed by atoms with Crippen LogP contribution in [0.4, 0.5) is 0 Å². The van der Waals surface area contributed by atoms with Crippen LogP contribution in [0.1, 0.15) is 96.6 Å². The van der Waals surface area contributed by atoms with E-state index in [2.05, 4.69) is 94.4 Å². The Morgan fingerprint density at radius 2 is 1.43 bits per heavy atom. The molecule has 6 rings (SSSR count). The highest BCUT2D eigenvalue weighted by Crippen LogP contribution is 2.69. The molecule has 216 valence electrons. The van der Waals surface area contributed by atoms with Crippen LogP contribution in [0.5, 0.6) is 0 Å². The van der Waals surface area contributed by atoms with Gasteiger partial charge in [0.15, 0.2) is 0 Å². The monoisotopic (exact) mass is 540 g/mol. The van der Waals surface area contributed by atoms with Gasteiger partial charge in [-0.05, 0) is 120 Å². The van der Waals surface area contributed by atoms with Crippen LogP contribution in [-0.4, -0.2) is 22.4 Å². The number of aliphatic hydroxyl groups excluding tert-OH is 2. The minimum absolute atomic E-state index is 0.175. The smallest absolute Gasteiger partial charge is 0.0605 e. The largest absolute Gasteiger partial charge is 0.393 e. The van der Waals surface area contributed by atoms with Crippen molar-refractivity contribution in [1.29, 1.82) is 0 Å². The molecule has 2 nitrogen and oxygen atoms in total. The van der Waals surface area contributed by atoms with Crippen molar-refractivity contribution in [3.05, 3.63) is 77.9 Å².